The average Bonchev–Trinajstić information content (AvgIpc) is 3.03. The Kier molecular flexibility index (Phi) is 7.08. The van der Waals surface area contributed by atoms with Crippen LogP contribution >= 0.6 is 35.6 Å². The first kappa shape index (κ1) is 22.7. The summed E-state index contributed by atoms with van der Waals surface area (Å²) in [7, 11) is 0. The van der Waals surface area contributed by atoms with Gasteiger partial charge in [-0.25, -0.2) is 8.78 Å². The monoisotopic (exact) mass is 489 g/mol. The normalized spacial score (nSPS) is 16.0. The number of rotatable bonds is 7. The van der Waals surface area contributed by atoms with E-state index < -0.39 is 0 Å². The largest absolute Gasteiger partial charge is 0.487 e. The van der Waals surface area contributed by atoms with Crippen LogP contribution < -0.4 is 4.74 Å². The van der Waals surface area contributed by atoms with Gasteiger partial charge in [0.05, 0.1) is 16.8 Å². The van der Waals surface area contributed by atoms with E-state index in [9.17, 15) is 13.6 Å². The van der Waals surface area contributed by atoms with Crippen molar-refractivity contribution in [1.29, 1.82) is 0 Å². The van der Waals surface area contributed by atoms with Crippen molar-refractivity contribution in [2.45, 2.75) is 24.8 Å². The topological polar surface area (TPSA) is 29.5 Å². The van der Waals surface area contributed by atoms with Crippen LogP contribution in [-0.4, -0.2) is 20.4 Å². The molecule has 0 radical (unpaired) electrons. The third-order valence-electron chi connectivity index (χ3n) is 4.98. The number of hydrogen-bond donors (Lipinski definition) is 0. The second kappa shape index (κ2) is 9.98. The zero-order valence-electron chi connectivity index (χ0n) is 16.8. The Balaban J connectivity index is 1.37. The molecule has 8 heteroatoms. The maximum atomic E-state index is 13.1. The highest BCUT2D eigenvalue weighted by molar-refractivity contribution is 8.24. The van der Waals surface area contributed by atoms with Crippen molar-refractivity contribution in [3.63, 3.8) is 0 Å². The van der Waals surface area contributed by atoms with E-state index in [1.165, 1.54) is 36.0 Å². The summed E-state index contributed by atoms with van der Waals surface area (Å²) in [4.78, 5) is 14.4. The molecular formula is C24H18ClF2NO2S2. The molecule has 1 aliphatic rings. The fraction of sp³-hybridized carbons (Fsp3) is 0.167. The van der Waals surface area contributed by atoms with Gasteiger partial charge in [-0.3, -0.25) is 9.69 Å². The summed E-state index contributed by atoms with van der Waals surface area (Å²) in [6.07, 6.45) is 0.474. The van der Waals surface area contributed by atoms with Gasteiger partial charge in [-0.2, -0.15) is 0 Å². The number of thiocarbonyl (C=S) groups is 1. The van der Waals surface area contributed by atoms with Crippen molar-refractivity contribution < 1.29 is 18.3 Å². The third kappa shape index (κ3) is 5.46. The standard InChI is InChI=1S/C24H18ClF2NO2S2/c25-20-11-17(5-10-21(20)30-14-16-3-8-19(27)9-4-16)12-22-23(29)28(24(31)32-22)13-15-1-6-18(26)7-2-15/h1-11,22H,12-14H2/t22-/m1/s1. The minimum absolute atomic E-state index is 0.0721. The first-order valence-corrected chi connectivity index (χ1v) is 11.5. The minimum atomic E-state index is -0.343. The number of carbonyl (C=O) groups excluding carboxylic acids is 1. The van der Waals surface area contributed by atoms with Crippen LogP contribution in [0.25, 0.3) is 0 Å². The molecule has 1 fully saturated rings. The lowest BCUT2D eigenvalue weighted by Gasteiger charge is -2.16. The predicted molar refractivity (Wildman–Crippen MR) is 127 cm³/mol. The summed E-state index contributed by atoms with van der Waals surface area (Å²) in [5.41, 5.74) is 2.53. The number of carbonyl (C=O) groups is 1. The van der Waals surface area contributed by atoms with Crippen LogP contribution in [0, 0.1) is 11.6 Å². The lowest BCUT2D eigenvalue weighted by Crippen LogP contribution is -2.31. The maximum Gasteiger partial charge on any atom is 0.242 e. The minimum Gasteiger partial charge on any atom is -0.487 e. The highest BCUT2D eigenvalue weighted by Crippen LogP contribution is 2.33. The molecule has 0 aromatic heterocycles. The van der Waals surface area contributed by atoms with E-state index in [0.717, 1.165) is 16.7 Å². The van der Waals surface area contributed by atoms with Crippen molar-refractivity contribution >= 4 is 45.8 Å². The van der Waals surface area contributed by atoms with Crippen molar-refractivity contribution in [3.8, 4) is 5.75 Å². The molecule has 3 aromatic carbocycles. The summed E-state index contributed by atoms with van der Waals surface area (Å²) in [5, 5.41) is 0.0933. The van der Waals surface area contributed by atoms with Crippen LogP contribution in [0.15, 0.2) is 66.7 Å². The smallest absolute Gasteiger partial charge is 0.242 e. The maximum absolute atomic E-state index is 13.1. The zero-order valence-corrected chi connectivity index (χ0v) is 19.2. The number of thioether (sulfide) groups is 1. The molecule has 0 N–H and O–H groups in total. The fourth-order valence-electron chi connectivity index (χ4n) is 3.29. The van der Waals surface area contributed by atoms with Gasteiger partial charge in [0.2, 0.25) is 5.91 Å². The second-order valence-corrected chi connectivity index (χ2v) is 9.55. The Labute approximate surface area is 199 Å². The van der Waals surface area contributed by atoms with Crippen LogP contribution in [0.1, 0.15) is 16.7 Å². The van der Waals surface area contributed by atoms with Gasteiger partial charge in [0.1, 0.15) is 28.3 Å². The quantitative estimate of drug-likeness (QED) is 0.371. The highest BCUT2D eigenvalue weighted by Gasteiger charge is 2.36. The zero-order chi connectivity index (χ0) is 22.7. The summed E-state index contributed by atoms with van der Waals surface area (Å²) >= 11 is 13.1. The Morgan fingerprint density at radius 1 is 0.938 bits per heavy atom. The Morgan fingerprint density at radius 3 is 2.16 bits per heavy atom. The third-order valence-corrected chi connectivity index (χ3v) is 6.86. The van der Waals surface area contributed by atoms with Crippen molar-refractivity contribution in [1.82, 2.24) is 4.90 Å². The molecule has 164 valence electrons. The first-order valence-electron chi connectivity index (χ1n) is 9.81. The number of hydrogen-bond acceptors (Lipinski definition) is 4. The molecule has 0 spiro atoms. The summed E-state index contributed by atoms with van der Waals surface area (Å²) < 4.78 is 32.4. The molecule has 0 aliphatic carbocycles. The molecule has 0 saturated carbocycles. The molecule has 0 unspecified atom stereocenters. The molecule has 0 bridgehead atoms. The fourth-order valence-corrected chi connectivity index (χ4v) is 5.08. The SMILES string of the molecule is O=C1[C@@H](Cc2ccc(OCc3ccc(F)cc3)c(Cl)c2)SC(=S)N1Cc1ccc(F)cc1. The van der Waals surface area contributed by atoms with E-state index in [1.54, 1.807) is 41.3 Å². The van der Waals surface area contributed by atoms with Crippen molar-refractivity contribution in [3.05, 3.63) is 100 Å². The van der Waals surface area contributed by atoms with Crippen LogP contribution in [0.5, 0.6) is 5.75 Å². The van der Waals surface area contributed by atoms with Crippen molar-refractivity contribution in [2.24, 2.45) is 0 Å². The average molecular weight is 490 g/mol. The van der Waals surface area contributed by atoms with E-state index in [4.69, 9.17) is 28.6 Å². The van der Waals surface area contributed by atoms with Gasteiger partial charge >= 0.3 is 0 Å². The first-order chi connectivity index (χ1) is 15.4. The molecule has 32 heavy (non-hydrogen) atoms. The highest BCUT2D eigenvalue weighted by atomic mass is 35.5. The molecule has 1 atom stereocenters. The number of amides is 1. The van der Waals surface area contributed by atoms with Gasteiger partial charge < -0.3 is 4.74 Å². The van der Waals surface area contributed by atoms with E-state index >= 15 is 0 Å². The van der Waals surface area contributed by atoms with Crippen LogP contribution in [0.3, 0.4) is 0 Å². The van der Waals surface area contributed by atoms with Gasteiger partial charge in [0.15, 0.2) is 0 Å². The number of halogens is 3. The molecule has 1 amide bonds. The molecule has 1 aliphatic heterocycles. The van der Waals surface area contributed by atoms with Crippen molar-refractivity contribution in [2.75, 3.05) is 0 Å². The molecule has 1 saturated heterocycles. The van der Waals surface area contributed by atoms with Crippen LogP contribution in [-0.2, 0) is 24.4 Å². The van der Waals surface area contributed by atoms with Crippen LogP contribution in [0.4, 0.5) is 8.78 Å². The molecule has 3 aromatic rings. The van der Waals surface area contributed by atoms with Gasteiger partial charge in [-0.1, -0.05) is 65.9 Å². The molecular weight excluding hydrogens is 472 g/mol. The van der Waals surface area contributed by atoms with E-state index in [1.807, 2.05) is 6.07 Å². The van der Waals surface area contributed by atoms with E-state index in [-0.39, 0.29) is 29.4 Å². The summed E-state index contributed by atoms with van der Waals surface area (Å²) in [5.74, 6) is -0.180. The van der Waals surface area contributed by atoms with Crippen LogP contribution in [0.2, 0.25) is 5.02 Å². The number of benzene rings is 3. The molecule has 1 heterocycles. The lowest BCUT2D eigenvalue weighted by atomic mass is 10.1. The molecule has 3 nitrogen and oxygen atoms in total. The number of nitrogens with zero attached hydrogens (tertiary/aromatic N) is 1. The molecule has 4 rings (SSSR count). The summed E-state index contributed by atoms with van der Waals surface area (Å²) in [6.45, 7) is 0.585. The Bertz CT molecular complexity index is 1140. The Hall–Kier alpha value is -2.48. The second-order valence-electron chi connectivity index (χ2n) is 7.31. The van der Waals surface area contributed by atoms with Gasteiger partial charge in [0.25, 0.3) is 0 Å². The van der Waals surface area contributed by atoms with E-state index in [0.29, 0.717) is 28.1 Å². The van der Waals surface area contributed by atoms with E-state index in [2.05, 4.69) is 0 Å². The number of ether oxygens (including phenoxy) is 1. The predicted octanol–water partition coefficient (Wildman–Crippen LogP) is 6.17. The van der Waals surface area contributed by atoms with Gasteiger partial charge in [0, 0.05) is 0 Å². The van der Waals surface area contributed by atoms with Gasteiger partial charge in [-0.05, 0) is 59.5 Å². The lowest BCUT2D eigenvalue weighted by molar-refractivity contribution is -0.126. The Morgan fingerprint density at radius 2 is 1.53 bits per heavy atom. The van der Waals surface area contributed by atoms with Gasteiger partial charge in [-0.15, -0.1) is 0 Å². The summed E-state index contributed by atoms with van der Waals surface area (Å²) in [6, 6.07) is 17.5.